The first-order chi connectivity index (χ1) is 4.26. The molecule has 3 N–H and O–H groups in total. The summed E-state index contributed by atoms with van der Waals surface area (Å²) in [5.74, 6) is 0. The van der Waals surface area contributed by atoms with Crippen molar-refractivity contribution in [3.63, 3.8) is 0 Å². The van der Waals surface area contributed by atoms with Crippen LogP contribution >= 0.6 is 0 Å². The average Bonchev–Trinajstić information content (AvgIpc) is 1.90. The summed E-state index contributed by atoms with van der Waals surface area (Å²) < 4.78 is 0. The van der Waals surface area contributed by atoms with Gasteiger partial charge in [-0.05, 0) is 18.1 Å². The summed E-state index contributed by atoms with van der Waals surface area (Å²) in [4.78, 5) is 0. The first-order valence-electron chi connectivity index (χ1n) is 2.76. The van der Waals surface area contributed by atoms with Crippen molar-refractivity contribution in [3.05, 3.63) is 11.1 Å². The van der Waals surface area contributed by atoms with Crippen LogP contribution in [0, 0.1) is 0 Å². The predicted octanol–water partition coefficient (Wildman–Crippen LogP) is -0.720. The minimum atomic E-state index is -0.178. The van der Waals surface area contributed by atoms with Crippen LogP contribution < -0.4 is 0 Å². The molecular formula is C6H12O3. The fourth-order valence-corrected chi connectivity index (χ4v) is 0.432. The molecule has 0 aromatic heterocycles. The van der Waals surface area contributed by atoms with E-state index < -0.39 is 0 Å². The van der Waals surface area contributed by atoms with Crippen molar-refractivity contribution < 1.29 is 15.3 Å². The summed E-state index contributed by atoms with van der Waals surface area (Å²) in [6.45, 7) is 1.21. The standard InChI is InChI=1S/C6H12O3/c1-5(2-7)6(3-8)4-9/h7-9H,2-4H2,1H3. The molecule has 0 rings (SSSR count). The second-order valence-corrected chi connectivity index (χ2v) is 1.86. The lowest BCUT2D eigenvalue weighted by Gasteiger charge is -2.02. The highest BCUT2D eigenvalue weighted by molar-refractivity contribution is 5.12. The highest BCUT2D eigenvalue weighted by Crippen LogP contribution is 1.99. The van der Waals surface area contributed by atoms with Crippen LogP contribution in [0.25, 0.3) is 0 Å². The maximum absolute atomic E-state index is 8.50. The lowest BCUT2D eigenvalue weighted by molar-refractivity contribution is 0.266. The van der Waals surface area contributed by atoms with E-state index in [1.807, 2.05) is 0 Å². The molecule has 0 aliphatic carbocycles. The highest BCUT2D eigenvalue weighted by atomic mass is 16.3. The van der Waals surface area contributed by atoms with Gasteiger partial charge in [0, 0.05) is 0 Å². The number of rotatable bonds is 3. The Labute approximate surface area is 54.3 Å². The van der Waals surface area contributed by atoms with E-state index in [9.17, 15) is 0 Å². The van der Waals surface area contributed by atoms with Crippen LogP contribution in [-0.2, 0) is 0 Å². The van der Waals surface area contributed by atoms with Crippen molar-refractivity contribution in [2.24, 2.45) is 0 Å². The molecule has 0 amide bonds. The van der Waals surface area contributed by atoms with Gasteiger partial charge < -0.3 is 15.3 Å². The topological polar surface area (TPSA) is 60.7 Å². The van der Waals surface area contributed by atoms with Crippen LogP contribution in [0.1, 0.15) is 6.92 Å². The Morgan fingerprint density at radius 3 is 1.56 bits per heavy atom. The molecule has 0 aromatic rings. The normalized spacial score (nSPS) is 9.33. The molecule has 54 valence electrons. The molecule has 0 atom stereocenters. The molecule has 3 nitrogen and oxygen atoms in total. The van der Waals surface area contributed by atoms with E-state index in [1.165, 1.54) is 0 Å². The van der Waals surface area contributed by atoms with E-state index in [1.54, 1.807) is 6.92 Å². The third-order valence-electron chi connectivity index (χ3n) is 1.22. The van der Waals surface area contributed by atoms with Gasteiger partial charge in [-0.1, -0.05) is 0 Å². The fraction of sp³-hybridized carbons (Fsp3) is 0.667. The minimum absolute atomic E-state index is 0.101. The number of aliphatic hydroxyl groups excluding tert-OH is 3. The summed E-state index contributed by atoms with van der Waals surface area (Å²) in [5.41, 5.74) is 1.14. The highest BCUT2D eigenvalue weighted by Gasteiger charge is 1.96. The summed E-state index contributed by atoms with van der Waals surface area (Å²) in [5, 5.41) is 25.5. The van der Waals surface area contributed by atoms with E-state index in [2.05, 4.69) is 0 Å². The van der Waals surface area contributed by atoms with E-state index in [0.717, 1.165) is 0 Å². The summed E-state index contributed by atoms with van der Waals surface area (Å²) in [6, 6.07) is 0. The molecule has 0 saturated heterocycles. The van der Waals surface area contributed by atoms with Crippen molar-refractivity contribution >= 4 is 0 Å². The molecular weight excluding hydrogens is 120 g/mol. The lowest BCUT2D eigenvalue weighted by Crippen LogP contribution is -2.02. The lowest BCUT2D eigenvalue weighted by atomic mass is 10.1. The minimum Gasteiger partial charge on any atom is -0.392 e. The Hall–Kier alpha value is -0.380. The predicted molar refractivity (Wildman–Crippen MR) is 34.0 cm³/mol. The van der Waals surface area contributed by atoms with Gasteiger partial charge in [-0.15, -0.1) is 0 Å². The molecule has 0 radical (unpaired) electrons. The van der Waals surface area contributed by atoms with Gasteiger partial charge in [0.05, 0.1) is 19.8 Å². The fourth-order valence-electron chi connectivity index (χ4n) is 0.432. The first kappa shape index (κ1) is 8.62. The molecule has 0 fully saturated rings. The molecule has 0 aliphatic rings. The van der Waals surface area contributed by atoms with E-state index in [4.69, 9.17) is 15.3 Å². The molecule has 0 saturated carbocycles. The van der Waals surface area contributed by atoms with E-state index in [0.29, 0.717) is 11.1 Å². The molecule has 0 spiro atoms. The van der Waals surface area contributed by atoms with Gasteiger partial charge in [0.1, 0.15) is 0 Å². The molecule has 3 heteroatoms. The van der Waals surface area contributed by atoms with Crippen LogP contribution in [0.15, 0.2) is 11.1 Å². The van der Waals surface area contributed by atoms with E-state index in [-0.39, 0.29) is 19.8 Å². The van der Waals surface area contributed by atoms with Crippen LogP contribution in [0.3, 0.4) is 0 Å². The Bertz CT molecular complexity index is 101. The summed E-state index contributed by atoms with van der Waals surface area (Å²) >= 11 is 0. The zero-order chi connectivity index (χ0) is 7.28. The van der Waals surface area contributed by atoms with Crippen molar-refractivity contribution in [3.8, 4) is 0 Å². The largest absolute Gasteiger partial charge is 0.392 e. The molecule has 0 bridgehead atoms. The van der Waals surface area contributed by atoms with Crippen molar-refractivity contribution in [2.75, 3.05) is 19.8 Å². The van der Waals surface area contributed by atoms with Gasteiger partial charge in [0.25, 0.3) is 0 Å². The molecule has 0 aliphatic heterocycles. The second-order valence-electron chi connectivity index (χ2n) is 1.86. The number of hydrogen-bond donors (Lipinski definition) is 3. The Balaban J connectivity index is 4.01. The second kappa shape index (κ2) is 4.49. The van der Waals surface area contributed by atoms with Crippen LogP contribution in [-0.4, -0.2) is 35.1 Å². The van der Waals surface area contributed by atoms with Crippen LogP contribution in [0.5, 0.6) is 0 Å². The van der Waals surface area contributed by atoms with Gasteiger partial charge in [-0.2, -0.15) is 0 Å². The van der Waals surface area contributed by atoms with Gasteiger partial charge in [-0.25, -0.2) is 0 Å². The number of hydrogen-bond acceptors (Lipinski definition) is 3. The average molecular weight is 132 g/mol. The van der Waals surface area contributed by atoms with Crippen LogP contribution in [0.2, 0.25) is 0 Å². The molecule has 0 unspecified atom stereocenters. The zero-order valence-corrected chi connectivity index (χ0v) is 5.46. The quantitative estimate of drug-likeness (QED) is 0.444. The maximum Gasteiger partial charge on any atom is 0.0667 e. The Kier molecular flexibility index (Phi) is 4.30. The van der Waals surface area contributed by atoms with E-state index >= 15 is 0 Å². The zero-order valence-electron chi connectivity index (χ0n) is 5.46. The third kappa shape index (κ3) is 2.60. The van der Waals surface area contributed by atoms with Crippen molar-refractivity contribution in [2.45, 2.75) is 6.92 Å². The summed E-state index contributed by atoms with van der Waals surface area (Å²) in [6.07, 6.45) is 0. The monoisotopic (exact) mass is 132 g/mol. The van der Waals surface area contributed by atoms with Crippen LogP contribution in [0.4, 0.5) is 0 Å². The van der Waals surface area contributed by atoms with Gasteiger partial charge in [0.15, 0.2) is 0 Å². The Morgan fingerprint density at radius 2 is 1.44 bits per heavy atom. The Morgan fingerprint density at radius 1 is 1.00 bits per heavy atom. The molecule has 9 heavy (non-hydrogen) atoms. The maximum atomic E-state index is 8.50. The van der Waals surface area contributed by atoms with Gasteiger partial charge in [0.2, 0.25) is 0 Å². The van der Waals surface area contributed by atoms with Crippen molar-refractivity contribution in [1.29, 1.82) is 0 Å². The SMILES string of the molecule is CC(CO)=C(CO)CO. The number of aliphatic hydroxyl groups is 3. The molecule has 0 aromatic carbocycles. The summed E-state index contributed by atoms with van der Waals surface area (Å²) in [7, 11) is 0. The van der Waals surface area contributed by atoms with Gasteiger partial charge >= 0.3 is 0 Å². The van der Waals surface area contributed by atoms with Gasteiger partial charge in [-0.3, -0.25) is 0 Å². The first-order valence-corrected chi connectivity index (χ1v) is 2.76. The smallest absolute Gasteiger partial charge is 0.0667 e. The van der Waals surface area contributed by atoms with Crippen molar-refractivity contribution in [1.82, 2.24) is 0 Å². The third-order valence-corrected chi connectivity index (χ3v) is 1.22. The molecule has 0 heterocycles.